The normalized spacial score (nSPS) is 9.65. The lowest BCUT2D eigenvalue weighted by Crippen LogP contribution is -2.26. The molecule has 2 amide bonds. The fourth-order valence-electron chi connectivity index (χ4n) is 1.32. The SMILES string of the molecule is COC(=O)N(C)c1ccc(N(C)C(C)=O)cc1. The molecule has 0 aromatic heterocycles. The zero-order valence-corrected chi connectivity index (χ0v) is 10.4. The lowest BCUT2D eigenvalue weighted by atomic mass is 10.2. The van der Waals surface area contributed by atoms with Gasteiger partial charge in [0, 0.05) is 32.4 Å². The highest BCUT2D eigenvalue weighted by Gasteiger charge is 2.11. The molecule has 1 rings (SSSR count). The lowest BCUT2D eigenvalue weighted by Gasteiger charge is -2.18. The van der Waals surface area contributed by atoms with Crippen molar-refractivity contribution in [3.05, 3.63) is 24.3 Å². The minimum Gasteiger partial charge on any atom is -0.452 e. The van der Waals surface area contributed by atoms with E-state index in [1.54, 1.807) is 38.4 Å². The highest BCUT2D eigenvalue weighted by molar-refractivity contribution is 5.92. The first-order chi connectivity index (χ1) is 7.97. The number of hydrogen-bond acceptors (Lipinski definition) is 3. The molecule has 0 radical (unpaired) electrons. The van der Waals surface area contributed by atoms with Crippen molar-refractivity contribution < 1.29 is 14.3 Å². The maximum atomic E-state index is 11.3. The molecule has 92 valence electrons. The Hall–Kier alpha value is -2.04. The van der Waals surface area contributed by atoms with E-state index in [0.29, 0.717) is 5.69 Å². The second-order valence-electron chi connectivity index (χ2n) is 3.62. The summed E-state index contributed by atoms with van der Waals surface area (Å²) in [7, 11) is 4.65. The number of carbonyl (C=O) groups excluding carboxylic acids is 2. The second-order valence-corrected chi connectivity index (χ2v) is 3.62. The van der Waals surface area contributed by atoms with E-state index < -0.39 is 6.09 Å². The second kappa shape index (κ2) is 5.34. The van der Waals surface area contributed by atoms with Crippen LogP contribution in [0.1, 0.15) is 6.92 Å². The lowest BCUT2D eigenvalue weighted by molar-refractivity contribution is -0.116. The first-order valence-corrected chi connectivity index (χ1v) is 5.13. The molecule has 0 aliphatic carbocycles. The van der Waals surface area contributed by atoms with Crippen molar-refractivity contribution in [1.82, 2.24) is 0 Å². The van der Waals surface area contributed by atoms with Crippen LogP contribution in [0.3, 0.4) is 0 Å². The summed E-state index contributed by atoms with van der Waals surface area (Å²) in [6.45, 7) is 1.49. The van der Waals surface area contributed by atoms with Crippen LogP contribution >= 0.6 is 0 Å². The number of rotatable bonds is 2. The highest BCUT2D eigenvalue weighted by atomic mass is 16.5. The third kappa shape index (κ3) is 2.96. The van der Waals surface area contributed by atoms with Crippen molar-refractivity contribution in [2.24, 2.45) is 0 Å². The van der Waals surface area contributed by atoms with Crippen LogP contribution in [0.4, 0.5) is 16.2 Å². The summed E-state index contributed by atoms with van der Waals surface area (Å²) in [5.41, 5.74) is 1.48. The van der Waals surface area contributed by atoms with Crippen LogP contribution in [0.2, 0.25) is 0 Å². The Morgan fingerprint density at radius 2 is 1.41 bits per heavy atom. The third-order valence-corrected chi connectivity index (χ3v) is 2.55. The van der Waals surface area contributed by atoms with E-state index in [9.17, 15) is 9.59 Å². The Bertz CT molecular complexity index is 414. The zero-order chi connectivity index (χ0) is 13.0. The smallest absolute Gasteiger partial charge is 0.413 e. The summed E-state index contributed by atoms with van der Waals surface area (Å²) < 4.78 is 4.60. The molecule has 17 heavy (non-hydrogen) atoms. The molecule has 0 saturated carbocycles. The molecule has 0 saturated heterocycles. The molecule has 5 heteroatoms. The van der Waals surface area contributed by atoms with Gasteiger partial charge in [0.1, 0.15) is 0 Å². The molecule has 1 aromatic carbocycles. The standard InChI is InChI=1S/C12H16N2O3/c1-9(15)13(2)10-5-7-11(8-6-10)14(3)12(16)17-4/h5-8H,1-4H3. The van der Waals surface area contributed by atoms with Gasteiger partial charge < -0.3 is 9.64 Å². The molecular weight excluding hydrogens is 220 g/mol. The number of anilines is 2. The zero-order valence-electron chi connectivity index (χ0n) is 10.4. The molecule has 1 aromatic rings. The highest BCUT2D eigenvalue weighted by Crippen LogP contribution is 2.19. The molecule has 0 aliphatic heterocycles. The third-order valence-electron chi connectivity index (χ3n) is 2.55. The maximum absolute atomic E-state index is 11.3. The van der Waals surface area contributed by atoms with Gasteiger partial charge in [-0.15, -0.1) is 0 Å². The van der Waals surface area contributed by atoms with Crippen LogP contribution in [0, 0.1) is 0 Å². The number of methoxy groups -OCH3 is 1. The average molecular weight is 236 g/mol. The van der Waals surface area contributed by atoms with Crippen molar-refractivity contribution in [2.45, 2.75) is 6.92 Å². The van der Waals surface area contributed by atoms with Crippen LogP contribution in [-0.4, -0.2) is 33.2 Å². The van der Waals surface area contributed by atoms with Crippen LogP contribution < -0.4 is 9.80 Å². The van der Waals surface area contributed by atoms with E-state index in [-0.39, 0.29) is 5.91 Å². The van der Waals surface area contributed by atoms with E-state index in [1.165, 1.54) is 23.8 Å². The van der Waals surface area contributed by atoms with Gasteiger partial charge in [-0.3, -0.25) is 9.69 Å². The van der Waals surface area contributed by atoms with Gasteiger partial charge in [0.05, 0.1) is 7.11 Å². The van der Waals surface area contributed by atoms with Gasteiger partial charge in [0.15, 0.2) is 0 Å². The molecule has 0 aliphatic rings. The molecule has 0 unspecified atom stereocenters. The largest absolute Gasteiger partial charge is 0.452 e. The van der Waals surface area contributed by atoms with Gasteiger partial charge in [0.2, 0.25) is 5.91 Å². The van der Waals surface area contributed by atoms with E-state index >= 15 is 0 Å². The van der Waals surface area contributed by atoms with Crippen LogP contribution in [0.25, 0.3) is 0 Å². The summed E-state index contributed by atoms with van der Waals surface area (Å²) in [6.07, 6.45) is -0.433. The molecular formula is C12H16N2O3. The Labute approximate surface area is 101 Å². The average Bonchev–Trinajstić information content (AvgIpc) is 2.36. The summed E-state index contributed by atoms with van der Waals surface area (Å²) in [4.78, 5) is 25.4. The first-order valence-electron chi connectivity index (χ1n) is 5.13. The summed E-state index contributed by atoms with van der Waals surface area (Å²) in [5, 5.41) is 0. The quantitative estimate of drug-likeness (QED) is 0.787. The molecule has 0 N–H and O–H groups in total. The van der Waals surface area contributed by atoms with E-state index in [2.05, 4.69) is 4.74 Å². The first kappa shape index (κ1) is 13.0. The van der Waals surface area contributed by atoms with Crippen LogP contribution in [-0.2, 0) is 9.53 Å². The van der Waals surface area contributed by atoms with Gasteiger partial charge in [-0.1, -0.05) is 0 Å². The predicted molar refractivity (Wildman–Crippen MR) is 66.3 cm³/mol. The fraction of sp³-hybridized carbons (Fsp3) is 0.333. The maximum Gasteiger partial charge on any atom is 0.413 e. The van der Waals surface area contributed by atoms with Gasteiger partial charge in [-0.05, 0) is 24.3 Å². The van der Waals surface area contributed by atoms with Crippen molar-refractivity contribution in [2.75, 3.05) is 31.0 Å². The van der Waals surface area contributed by atoms with Crippen LogP contribution in [0.15, 0.2) is 24.3 Å². The van der Waals surface area contributed by atoms with Crippen molar-refractivity contribution in [3.63, 3.8) is 0 Å². The van der Waals surface area contributed by atoms with Crippen molar-refractivity contribution in [3.8, 4) is 0 Å². The Balaban J connectivity index is 2.88. The Kier molecular flexibility index (Phi) is 4.09. The number of benzene rings is 1. The van der Waals surface area contributed by atoms with Gasteiger partial charge in [-0.2, -0.15) is 0 Å². The Morgan fingerprint density at radius 1 is 1.00 bits per heavy atom. The van der Waals surface area contributed by atoms with E-state index in [4.69, 9.17) is 0 Å². The summed E-state index contributed by atoms with van der Waals surface area (Å²) in [5.74, 6) is -0.0425. The van der Waals surface area contributed by atoms with E-state index in [1.807, 2.05) is 0 Å². The molecule has 0 heterocycles. The monoisotopic (exact) mass is 236 g/mol. The molecule has 0 atom stereocenters. The van der Waals surface area contributed by atoms with Gasteiger partial charge in [-0.25, -0.2) is 4.79 Å². The van der Waals surface area contributed by atoms with Crippen molar-refractivity contribution >= 4 is 23.4 Å². The molecule has 5 nitrogen and oxygen atoms in total. The van der Waals surface area contributed by atoms with Crippen LogP contribution in [0.5, 0.6) is 0 Å². The van der Waals surface area contributed by atoms with Crippen molar-refractivity contribution in [1.29, 1.82) is 0 Å². The molecule has 0 fully saturated rings. The Morgan fingerprint density at radius 3 is 1.76 bits per heavy atom. The number of hydrogen-bond donors (Lipinski definition) is 0. The predicted octanol–water partition coefficient (Wildman–Crippen LogP) is 1.87. The summed E-state index contributed by atoms with van der Waals surface area (Å²) in [6, 6.07) is 7.06. The topological polar surface area (TPSA) is 49.9 Å². The number of amides is 2. The molecule has 0 bridgehead atoms. The minimum atomic E-state index is -0.433. The number of carbonyl (C=O) groups is 2. The van der Waals surface area contributed by atoms with Gasteiger partial charge >= 0.3 is 6.09 Å². The van der Waals surface area contributed by atoms with E-state index in [0.717, 1.165) is 5.69 Å². The number of ether oxygens (including phenoxy) is 1. The van der Waals surface area contributed by atoms with Gasteiger partial charge in [0.25, 0.3) is 0 Å². The molecule has 0 spiro atoms. The summed E-state index contributed by atoms with van der Waals surface area (Å²) >= 11 is 0. The number of nitrogens with zero attached hydrogens (tertiary/aromatic N) is 2. The minimum absolute atomic E-state index is 0.0425. The fourth-order valence-corrected chi connectivity index (χ4v) is 1.32.